The number of amides is 1. The molecule has 0 aliphatic carbocycles. The molecule has 0 aliphatic heterocycles. The van der Waals surface area contributed by atoms with Crippen molar-refractivity contribution in [1.82, 2.24) is 9.97 Å². The molecule has 4 rings (SSSR count). The highest BCUT2D eigenvalue weighted by molar-refractivity contribution is 6.13. The van der Waals surface area contributed by atoms with E-state index in [1.165, 1.54) is 0 Å². The number of rotatable bonds is 4. The Labute approximate surface area is 156 Å². The van der Waals surface area contributed by atoms with Crippen molar-refractivity contribution in [2.45, 2.75) is 0 Å². The summed E-state index contributed by atoms with van der Waals surface area (Å²) in [6.07, 6.45) is 1.71. The van der Waals surface area contributed by atoms with Crippen LogP contribution in [0.2, 0.25) is 0 Å². The smallest absolute Gasteiger partial charge is 0.256 e. The van der Waals surface area contributed by atoms with Gasteiger partial charge in [-0.1, -0.05) is 36.4 Å². The Morgan fingerprint density at radius 1 is 0.926 bits per heavy atom. The fourth-order valence-electron chi connectivity index (χ4n) is 2.95. The van der Waals surface area contributed by atoms with Gasteiger partial charge in [0.25, 0.3) is 5.91 Å². The molecule has 2 aromatic carbocycles. The zero-order valence-electron chi connectivity index (χ0n) is 14.7. The van der Waals surface area contributed by atoms with E-state index in [-0.39, 0.29) is 5.91 Å². The quantitative estimate of drug-likeness (QED) is 0.583. The van der Waals surface area contributed by atoms with E-state index in [4.69, 9.17) is 4.74 Å². The molecule has 0 spiro atoms. The maximum Gasteiger partial charge on any atom is 0.256 e. The number of pyridine rings is 2. The molecule has 4 aromatic rings. The number of ether oxygens (including phenoxy) is 1. The Morgan fingerprint density at radius 3 is 2.52 bits per heavy atom. The van der Waals surface area contributed by atoms with Gasteiger partial charge >= 0.3 is 0 Å². The summed E-state index contributed by atoms with van der Waals surface area (Å²) in [7, 11) is 1.58. The van der Waals surface area contributed by atoms with Crippen LogP contribution in [0.4, 0.5) is 5.69 Å². The van der Waals surface area contributed by atoms with Gasteiger partial charge in [0.15, 0.2) is 0 Å². The molecule has 2 aromatic heterocycles. The molecule has 0 saturated heterocycles. The fraction of sp³-hybridized carbons (Fsp3) is 0.0455. The second-order valence-corrected chi connectivity index (χ2v) is 5.94. The minimum atomic E-state index is -0.227. The van der Waals surface area contributed by atoms with Gasteiger partial charge in [-0.2, -0.15) is 0 Å². The third-order valence-electron chi connectivity index (χ3n) is 4.24. The molecule has 27 heavy (non-hydrogen) atoms. The van der Waals surface area contributed by atoms with E-state index in [0.717, 1.165) is 16.6 Å². The molecule has 0 fully saturated rings. The molecule has 0 saturated carbocycles. The Hall–Kier alpha value is -3.73. The molecule has 2 heterocycles. The largest absolute Gasteiger partial charge is 0.495 e. The van der Waals surface area contributed by atoms with E-state index in [9.17, 15) is 4.79 Å². The first-order valence-corrected chi connectivity index (χ1v) is 8.52. The van der Waals surface area contributed by atoms with Crippen LogP contribution in [0.5, 0.6) is 5.75 Å². The van der Waals surface area contributed by atoms with Gasteiger partial charge in [0, 0.05) is 11.6 Å². The van der Waals surface area contributed by atoms with E-state index >= 15 is 0 Å². The highest BCUT2D eigenvalue weighted by Crippen LogP contribution is 2.27. The second-order valence-electron chi connectivity index (χ2n) is 5.94. The highest BCUT2D eigenvalue weighted by Gasteiger charge is 2.15. The number of methoxy groups -OCH3 is 1. The van der Waals surface area contributed by atoms with Crippen LogP contribution in [0.3, 0.4) is 0 Å². The molecule has 1 amide bonds. The first kappa shape index (κ1) is 16.7. The van der Waals surface area contributed by atoms with E-state index in [1.807, 2.05) is 54.6 Å². The zero-order valence-corrected chi connectivity index (χ0v) is 14.7. The lowest BCUT2D eigenvalue weighted by atomic mass is 10.1. The van der Waals surface area contributed by atoms with Crippen molar-refractivity contribution in [1.29, 1.82) is 0 Å². The number of para-hydroxylation sites is 3. The van der Waals surface area contributed by atoms with Crippen molar-refractivity contribution in [3.05, 3.63) is 84.6 Å². The lowest BCUT2D eigenvalue weighted by Gasteiger charge is -2.12. The predicted octanol–water partition coefficient (Wildman–Crippen LogP) is 4.56. The number of carbonyl (C=O) groups is 1. The van der Waals surface area contributed by atoms with Crippen LogP contribution in [-0.2, 0) is 0 Å². The minimum Gasteiger partial charge on any atom is -0.495 e. The van der Waals surface area contributed by atoms with E-state index in [1.54, 1.807) is 31.5 Å². The van der Waals surface area contributed by atoms with Gasteiger partial charge in [0.1, 0.15) is 5.75 Å². The van der Waals surface area contributed by atoms with Crippen molar-refractivity contribution in [2.75, 3.05) is 12.4 Å². The van der Waals surface area contributed by atoms with Crippen LogP contribution in [0, 0.1) is 0 Å². The molecule has 0 bridgehead atoms. The Bertz CT molecular complexity index is 1110. The summed E-state index contributed by atoms with van der Waals surface area (Å²) in [5, 5.41) is 3.72. The van der Waals surface area contributed by atoms with Gasteiger partial charge in [0.05, 0.1) is 35.3 Å². The molecule has 132 valence electrons. The number of anilines is 1. The first-order valence-electron chi connectivity index (χ1n) is 8.52. The summed E-state index contributed by atoms with van der Waals surface area (Å²) in [6, 6.07) is 22.3. The maximum absolute atomic E-state index is 13.1. The van der Waals surface area contributed by atoms with Gasteiger partial charge in [-0.15, -0.1) is 0 Å². The van der Waals surface area contributed by atoms with Crippen LogP contribution >= 0.6 is 0 Å². The summed E-state index contributed by atoms with van der Waals surface area (Å²) in [4.78, 5) is 22.1. The predicted molar refractivity (Wildman–Crippen MR) is 106 cm³/mol. The van der Waals surface area contributed by atoms with Gasteiger partial charge in [0.2, 0.25) is 0 Å². The number of benzene rings is 2. The number of nitrogens with one attached hydrogen (secondary N) is 1. The average molecular weight is 355 g/mol. The number of aromatic nitrogens is 2. The fourth-order valence-corrected chi connectivity index (χ4v) is 2.95. The summed E-state index contributed by atoms with van der Waals surface area (Å²) in [6.45, 7) is 0. The van der Waals surface area contributed by atoms with Gasteiger partial charge in [-0.05, 0) is 36.4 Å². The molecule has 0 aliphatic rings. The molecule has 5 nitrogen and oxygen atoms in total. The Balaban J connectivity index is 1.81. The SMILES string of the molecule is COc1ccccc1NC(=O)c1cc(-c2ccccn2)nc2ccccc12. The van der Waals surface area contributed by atoms with Crippen molar-refractivity contribution in [3.63, 3.8) is 0 Å². The van der Waals surface area contributed by atoms with E-state index < -0.39 is 0 Å². The number of carbonyl (C=O) groups excluding carboxylic acids is 1. The number of hydrogen-bond acceptors (Lipinski definition) is 4. The molecule has 0 radical (unpaired) electrons. The topological polar surface area (TPSA) is 64.1 Å². The molecule has 5 heteroatoms. The number of nitrogens with zero attached hydrogens (tertiary/aromatic N) is 2. The van der Waals surface area contributed by atoms with Crippen LogP contribution in [0.1, 0.15) is 10.4 Å². The molecule has 0 atom stereocenters. The third kappa shape index (κ3) is 3.35. The Morgan fingerprint density at radius 2 is 1.70 bits per heavy atom. The normalized spacial score (nSPS) is 10.6. The van der Waals surface area contributed by atoms with Gasteiger partial charge < -0.3 is 10.1 Å². The van der Waals surface area contributed by atoms with Gasteiger partial charge in [-0.25, -0.2) is 4.98 Å². The summed E-state index contributed by atoms with van der Waals surface area (Å²) in [5.74, 6) is 0.379. The summed E-state index contributed by atoms with van der Waals surface area (Å²) in [5.41, 5.74) is 3.26. The molecular weight excluding hydrogens is 338 g/mol. The van der Waals surface area contributed by atoms with Crippen LogP contribution in [0.25, 0.3) is 22.3 Å². The first-order chi connectivity index (χ1) is 13.3. The highest BCUT2D eigenvalue weighted by atomic mass is 16.5. The Kier molecular flexibility index (Phi) is 4.49. The number of hydrogen-bond donors (Lipinski definition) is 1. The molecule has 0 unspecified atom stereocenters. The van der Waals surface area contributed by atoms with E-state index in [0.29, 0.717) is 22.7 Å². The van der Waals surface area contributed by atoms with Crippen molar-refractivity contribution >= 4 is 22.5 Å². The van der Waals surface area contributed by atoms with Crippen molar-refractivity contribution < 1.29 is 9.53 Å². The summed E-state index contributed by atoms with van der Waals surface area (Å²) >= 11 is 0. The third-order valence-corrected chi connectivity index (χ3v) is 4.24. The summed E-state index contributed by atoms with van der Waals surface area (Å²) < 4.78 is 5.33. The van der Waals surface area contributed by atoms with Crippen LogP contribution < -0.4 is 10.1 Å². The molecule has 1 N–H and O–H groups in total. The van der Waals surface area contributed by atoms with E-state index in [2.05, 4.69) is 15.3 Å². The lowest BCUT2D eigenvalue weighted by molar-refractivity contribution is 0.102. The average Bonchev–Trinajstić information content (AvgIpc) is 2.74. The standard InChI is InChI=1S/C22H17N3O2/c1-27-21-12-5-4-11-19(21)25-22(26)16-14-20(18-10-6-7-13-23-18)24-17-9-3-2-8-15(16)17/h2-14H,1H3,(H,25,26). The minimum absolute atomic E-state index is 0.227. The lowest BCUT2D eigenvalue weighted by Crippen LogP contribution is -2.13. The zero-order chi connectivity index (χ0) is 18.6. The molecular formula is C22H17N3O2. The second kappa shape index (κ2) is 7.25. The monoisotopic (exact) mass is 355 g/mol. The van der Waals surface area contributed by atoms with Crippen LogP contribution in [-0.4, -0.2) is 23.0 Å². The van der Waals surface area contributed by atoms with Crippen molar-refractivity contribution in [3.8, 4) is 17.1 Å². The maximum atomic E-state index is 13.1. The van der Waals surface area contributed by atoms with Crippen LogP contribution in [0.15, 0.2) is 79.0 Å². The number of fused-ring (bicyclic) bond motifs is 1. The van der Waals surface area contributed by atoms with Gasteiger partial charge in [-0.3, -0.25) is 9.78 Å². The van der Waals surface area contributed by atoms with Crippen molar-refractivity contribution in [2.24, 2.45) is 0 Å².